The fraction of sp³-hybridized carbons (Fsp3) is 0.0769. The largest absolute Gasteiger partial charge is 0.288 e. The summed E-state index contributed by atoms with van der Waals surface area (Å²) >= 11 is 0. The number of nitrogens with one attached hydrogen (secondary N) is 1. The van der Waals surface area contributed by atoms with Crippen molar-refractivity contribution in [1.29, 1.82) is 0 Å². The van der Waals surface area contributed by atoms with Gasteiger partial charge in [-0.2, -0.15) is 0 Å². The molecule has 0 saturated heterocycles. The molecule has 3 heteroatoms. The summed E-state index contributed by atoms with van der Waals surface area (Å²) in [6.45, 7) is 1.85. The Labute approximate surface area is 92.1 Å². The number of carbonyl (C=O) groups excluding carboxylic acids is 2. The first-order valence-electron chi connectivity index (χ1n) is 5.06. The van der Waals surface area contributed by atoms with Crippen LogP contribution < -0.4 is 5.32 Å². The van der Waals surface area contributed by atoms with E-state index in [0.29, 0.717) is 11.1 Å². The Morgan fingerprint density at radius 2 is 1.69 bits per heavy atom. The second kappa shape index (κ2) is 2.92. The van der Waals surface area contributed by atoms with Crippen molar-refractivity contribution in [1.82, 2.24) is 5.32 Å². The third-order valence-electron chi connectivity index (χ3n) is 2.93. The van der Waals surface area contributed by atoms with E-state index in [1.807, 2.05) is 37.3 Å². The number of hydrogen-bond donors (Lipinski definition) is 1. The van der Waals surface area contributed by atoms with E-state index in [1.54, 1.807) is 0 Å². The molecule has 0 aliphatic carbocycles. The van der Waals surface area contributed by atoms with Crippen LogP contribution in [0.1, 0.15) is 26.3 Å². The molecule has 0 atom stereocenters. The molecule has 0 bridgehead atoms. The normalized spacial score (nSPS) is 14.1. The van der Waals surface area contributed by atoms with Gasteiger partial charge in [0.05, 0.1) is 11.1 Å². The van der Waals surface area contributed by atoms with Crippen molar-refractivity contribution in [3.05, 3.63) is 47.0 Å². The van der Waals surface area contributed by atoms with Gasteiger partial charge in [-0.05, 0) is 23.3 Å². The molecule has 2 amide bonds. The maximum Gasteiger partial charge on any atom is 0.259 e. The zero-order valence-electron chi connectivity index (χ0n) is 8.70. The van der Waals surface area contributed by atoms with Gasteiger partial charge < -0.3 is 0 Å². The van der Waals surface area contributed by atoms with Crippen LogP contribution in [0.25, 0.3) is 10.8 Å². The number of hydrogen-bond acceptors (Lipinski definition) is 2. The molecule has 0 spiro atoms. The van der Waals surface area contributed by atoms with Gasteiger partial charge in [-0.3, -0.25) is 14.9 Å². The number of benzene rings is 2. The molecule has 0 aromatic heterocycles. The molecule has 1 N–H and O–H groups in total. The minimum Gasteiger partial charge on any atom is -0.288 e. The van der Waals surface area contributed by atoms with E-state index in [0.717, 1.165) is 16.3 Å². The Morgan fingerprint density at radius 1 is 1.00 bits per heavy atom. The molecule has 1 heterocycles. The molecule has 1 aliphatic heterocycles. The summed E-state index contributed by atoms with van der Waals surface area (Å²) < 4.78 is 0. The lowest BCUT2D eigenvalue weighted by molar-refractivity contribution is 0.0880. The highest BCUT2D eigenvalue weighted by molar-refractivity contribution is 6.27. The second-order valence-electron chi connectivity index (χ2n) is 3.95. The topological polar surface area (TPSA) is 46.2 Å². The first-order valence-corrected chi connectivity index (χ1v) is 5.06. The fourth-order valence-electron chi connectivity index (χ4n) is 2.24. The molecule has 3 rings (SSSR count). The van der Waals surface area contributed by atoms with E-state index in [9.17, 15) is 9.59 Å². The van der Waals surface area contributed by atoms with Crippen molar-refractivity contribution in [2.75, 3.05) is 0 Å². The quantitative estimate of drug-likeness (QED) is 0.678. The molecule has 78 valence electrons. The fourth-order valence-corrected chi connectivity index (χ4v) is 2.24. The van der Waals surface area contributed by atoms with Gasteiger partial charge in [0.25, 0.3) is 11.8 Å². The summed E-state index contributed by atoms with van der Waals surface area (Å²) in [6.07, 6.45) is 0. The van der Waals surface area contributed by atoms with Gasteiger partial charge in [0.2, 0.25) is 0 Å². The van der Waals surface area contributed by atoms with E-state index >= 15 is 0 Å². The van der Waals surface area contributed by atoms with Crippen LogP contribution in [-0.4, -0.2) is 11.8 Å². The number of imide groups is 1. The third-order valence-corrected chi connectivity index (χ3v) is 2.93. The molecule has 2 aromatic rings. The average molecular weight is 211 g/mol. The first kappa shape index (κ1) is 9.09. The number of rotatable bonds is 0. The van der Waals surface area contributed by atoms with Gasteiger partial charge >= 0.3 is 0 Å². The lowest BCUT2D eigenvalue weighted by Gasteiger charge is -2.05. The van der Waals surface area contributed by atoms with Gasteiger partial charge in [0.1, 0.15) is 0 Å². The summed E-state index contributed by atoms with van der Waals surface area (Å²) in [5.41, 5.74) is 1.88. The summed E-state index contributed by atoms with van der Waals surface area (Å²) in [5.74, 6) is -0.580. The lowest BCUT2D eigenvalue weighted by atomic mass is 9.96. The van der Waals surface area contributed by atoms with Gasteiger partial charge in [-0.15, -0.1) is 0 Å². The molecule has 0 saturated carbocycles. The van der Waals surface area contributed by atoms with Crippen LogP contribution in [0.2, 0.25) is 0 Å². The molecule has 3 nitrogen and oxygen atoms in total. The Hall–Kier alpha value is -2.16. The Morgan fingerprint density at radius 3 is 2.50 bits per heavy atom. The highest BCUT2D eigenvalue weighted by Gasteiger charge is 2.30. The van der Waals surface area contributed by atoms with E-state index in [1.165, 1.54) is 0 Å². The predicted molar refractivity (Wildman–Crippen MR) is 60.5 cm³/mol. The lowest BCUT2D eigenvalue weighted by Crippen LogP contribution is -2.20. The maximum absolute atomic E-state index is 11.7. The molecule has 2 aromatic carbocycles. The van der Waals surface area contributed by atoms with E-state index in [4.69, 9.17) is 0 Å². The second-order valence-corrected chi connectivity index (χ2v) is 3.95. The molecular weight excluding hydrogens is 202 g/mol. The minimum absolute atomic E-state index is 0.289. The van der Waals surface area contributed by atoms with Gasteiger partial charge in [0.15, 0.2) is 0 Å². The minimum atomic E-state index is -0.292. The average Bonchev–Trinajstić information content (AvgIpc) is 2.55. The number of aryl methyl sites for hydroxylation is 1. The van der Waals surface area contributed by atoms with Crippen molar-refractivity contribution >= 4 is 22.6 Å². The van der Waals surface area contributed by atoms with Crippen molar-refractivity contribution in [3.63, 3.8) is 0 Å². The highest BCUT2D eigenvalue weighted by atomic mass is 16.2. The van der Waals surface area contributed by atoms with Crippen LogP contribution in [0.5, 0.6) is 0 Å². The van der Waals surface area contributed by atoms with Crippen molar-refractivity contribution in [2.24, 2.45) is 0 Å². The molecule has 0 unspecified atom stereocenters. The zero-order valence-corrected chi connectivity index (χ0v) is 8.70. The maximum atomic E-state index is 11.7. The molecular formula is C13H9NO2. The van der Waals surface area contributed by atoms with Crippen LogP contribution >= 0.6 is 0 Å². The smallest absolute Gasteiger partial charge is 0.259 e. The van der Waals surface area contributed by atoms with Gasteiger partial charge in [-0.25, -0.2) is 0 Å². The molecule has 0 radical (unpaired) electrons. The van der Waals surface area contributed by atoms with E-state index in [-0.39, 0.29) is 11.8 Å². The summed E-state index contributed by atoms with van der Waals surface area (Å²) in [6, 6.07) is 9.54. The highest BCUT2D eigenvalue weighted by Crippen LogP contribution is 2.28. The van der Waals surface area contributed by atoms with Crippen LogP contribution in [0.4, 0.5) is 0 Å². The predicted octanol–water partition coefficient (Wildman–Crippen LogP) is 2.03. The third kappa shape index (κ3) is 1.03. The van der Waals surface area contributed by atoms with Crippen molar-refractivity contribution in [2.45, 2.75) is 6.92 Å². The molecule has 1 aliphatic rings. The van der Waals surface area contributed by atoms with Crippen molar-refractivity contribution in [3.8, 4) is 0 Å². The summed E-state index contributed by atoms with van der Waals surface area (Å²) in [7, 11) is 0. The monoisotopic (exact) mass is 211 g/mol. The summed E-state index contributed by atoms with van der Waals surface area (Å²) in [4.78, 5) is 23.3. The van der Waals surface area contributed by atoms with E-state index < -0.39 is 0 Å². The first-order chi connectivity index (χ1) is 7.68. The van der Waals surface area contributed by atoms with Crippen molar-refractivity contribution < 1.29 is 9.59 Å². The van der Waals surface area contributed by atoms with Gasteiger partial charge in [-0.1, -0.05) is 30.3 Å². The van der Waals surface area contributed by atoms with Crippen LogP contribution in [0.15, 0.2) is 30.3 Å². The van der Waals surface area contributed by atoms with Gasteiger partial charge in [0, 0.05) is 0 Å². The Bertz CT molecular complexity index is 644. The molecule has 16 heavy (non-hydrogen) atoms. The standard InChI is InChI=1S/C13H9NO2/c1-7-6-8-4-2-3-5-9(8)11-10(7)12(15)14-13(11)16/h2-6H,1H3,(H,14,15,16). The van der Waals surface area contributed by atoms with Crippen LogP contribution in [0.3, 0.4) is 0 Å². The van der Waals surface area contributed by atoms with E-state index in [2.05, 4.69) is 5.32 Å². The number of amides is 2. The van der Waals surface area contributed by atoms with Crippen LogP contribution in [0, 0.1) is 6.92 Å². The zero-order chi connectivity index (χ0) is 11.3. The SMILES string of the molecule is Cc1cc2ccccc2c2c1C(=O)NC2=O. The Kier molecular flexibility index (Phi) is 1.66. The summed E-state index contributed by atoms with van der Waals surface area (Å²) in [5, 5.41) is 4.17. The Balaban J connectivity index is 2.54. The number of carbonyl (C=O) groups is 2. The van der Waals surface area contributed by atoms with Crippen LogP contribution in [-0.2, 0) is 0 Å². The number of fused-ring (bicyclic) bond motifs is 3. The molecule has 0 fully saturated rings.